The summed E-state index contributed by atoms with van der Waals surface area (Å²) in [4.78, 5) is 15.1. The number of nitrogens with one attached hydrogen (secondary N) is 1. The van der Waals surface area contributed by atoms with Crippen LogP contribution in [0.25, 0.3) is 0 Å². The van der Waals surface area contributed by atoms with Gasteiger partial charge >= 0.3 is 5.97 Å². The van der Waals surface area contributed by atoms with Gasteiger partial charge < -0.3 is 9.84 Å². The zero-order valence-electron chi connectivity index (χ0n) is 11.0. The monoisotopic (exact) mass is 308 g/mol. The molecule has 2 N–H and O–H groups in total. The van der Waals surface area contributed by atoms with E-state index in [1.54, 1.807) is 0 Å². The molecule has 2 aromatic rings. The number of sulfonamides is 1. The Morgan fingerprint density at radius 1 is 1.24 bits per heavy atom. The molecular weight excluding hydrogens is 296 g/mol. The minimum atomic E-state index is -3.89. The van der Waals surface area contributed by atoms with Gasteiger partial charge in [0.25, 0.3) is 10.0 Å². The van der Waals surface area contributed by atoms with Gasteiger partial charge in [-0.15, -0.1) is 0 Å². The summed E-state index contributed by atoms with van der Waals surface area (Å²) in [5.74, 6) is -1.18. The van der Waals surface area contributed by atoms with E-state index in [1.807, 2.05) is 0 Å². The number of phenolic OH excluding ortho intramolecular Hbond substituents is 1. The number of hydrogen-bond acceptors (Lipinski definition) is 6. The molecule has 0 aliphatic heterocycles. The van der Waals surface area contributed by atoms with Crippen LogP contribution in [0.2, 0.25) is 0 Å². The largest absolute Gasteiger partial charge is 0.507 e. The van der Waals surface area contributed by atoms with E-state index in [0.717, 1.165) is 19.2 Å². The SMILES string of the molecule is COC(=O)c1cc(S(=O)(=O)Nc2ccncc2)ccc1O. The second-order valence-electron chi connectivity index (χ2n) is 4.01. The van der Waals surface area contributed by atoms with Gasteiger partial charge in [-0.05, 0) is 30.3 Å². The molecule has 0 aliphatic carbocycles. The Labute approximate surface area is 121 Å². The van der Waals surface area contributed by atoms with Gasteiger partial charge in [-0.3, -0.25) is 9.71 Å². The Kier molecular flexibility index (Phi) is 4.08. The average molecular weight is 308 g/mol. The highest BCUT2D eigenvalue weighted by Crippen LogP contribution is 2.23. The maximum absolute atomic E-state index is 12.2. The van der Waals surface area contributed by atoms with Crippen LogP contribution >= 0.6 is 0 Å². The molecule has 21 heavy (non-hydrogen) atoms. The number of rotatable bonds is 4. The highest BCUT2D eigenvalue weighted by atomic mass is 32.2. The number of carbonyl (C=O) groups excluding carboxylic acids is 1. The molecule has 0 fully saturated rings. The fourth-order valence-electron chi connectivity index (χ4n) is 1.59. The number of anilines is 1. The fourth-order valence-corrected chi connectivity index (χ4v) is 2.67. The van der Waals surface area contributed by atoms with Gasteiger partial charge in [0.05, 0.1) is 17.7 Å². The molecule has 1 aromatic heterocycles. The molecule has 110 valence electrons. The van der Waals surface area contributed by atoms with E-state index in [-0.39, 0.29) is 16.2 Å². The number of nitrogens with zero attached hydrogens (tertiary/aromatic N) is 1. The number of aromatic hydroxyl groups is 1. The highest BCUT2D eigenvalue weighted by Gasteiger charge is 2.19. The molecule has 0 radical (unpaired) electrons. The van der Waals surface area contributed by atoms with Crippen molar-refractivity contribution in [2.75, 3.05) is 11.8 Å². The molecule has 0 aliphatic rings. The lowest BCUT2D eigenvalue weighted by Gasteiger charge is -2.09. The van der Waals surface area contributed by atoms with Gasteiger partial charge in [-0.25, -0.2) is 13.2 Å². The molecule has 0 spiro atoms. The maximum Gasteiger partial charge on any atom is 0.341 e. The van der Waals surface area contributed by atoms with Crippen molar-refractivity contribution in [3.8, 4) is 5.75 Å². The summed E-state index contributed by atoms with van der Waals surface area (Å²) in [7, 11) is -2.75. The molecule has 0 saturated carbocycles. The quantitative estimate of drug-likeness (QED) is 0.826. The van der Waals surface area contributed by atoms with Crippen LogP contribution < -0.4 is 4.72 Å². The Bertz CT molecular complexity index is 759. The van der Waals surface area contributed by atoms with E-state index in [2.05, 4.69) is 14.4 Å². The molecule has 2 rings (SSSR count). The first kappa shape index (κ1) is 14.8. The first-order valence-electron chi connectivity index (χ1n) is 5.78. The third-order valence-electron chi connectivity index (χ3n) is 2.62. The minimum Gasteiger partial charge on any atom is -0.507 e. The summed E-state index contributed by atoms with van der Waals surface area (Å²) in [6, 6.07) is 6.32. The molecule has 1 aromatic carbocycles. The summed E-state index contributed by atoms with van der Waals surface area (Å²) in [5.41, 5.74) is 0.104. The average Bonchev–Trinajstić information content (AvgIpc) is 2.47. The van der Waals surface area contributed by atoms with Crippen molar-refractivity contribution in [2.45, 2.75) is 4.90 Å². The van der Waals surface area contributed by atoms with E-state index in [1.165, 1.54) is 30.6 Å². The molecule has 0 unspecified atom stereocenters. The van der Waals surface area contributed by atoms with Crippen LogP contribution in [-0.2, 0) is 14.8 Å². The van der Waals surface area contributed by atoms with E-state index in [9.17, 15) is 18.3 Å². The van der Waals surface area contributed by atoms with Crippen molar-refractivity contribution in [3.63, 3.8) is 0 Å². The first-order chi connectivity index (χ1) is 9.94. The Hall–Kier alpha value is -2.61. The Balaban J connectivity index is 2.39. The van der Waals surface area contributed by atoms with Gasteiger partial charge in [0, 0.05) is 12.4 Å². The number of methoxy groups -OCH3 is 1. The normalized spacial score (nSPS) is 10.9. The number of hydrogen-bond donors (Lipinski definition) is 2. The molecule has 0 amide bonds. The Morgan fingerprint density at radius 3 is 2.52 bits per heavy atom. The Morgan fingerprint density at radius 2 is 1.90 bits per heavy atom. The predicted molar refractivity (Wildman–Crippen MR) is 74.5 cm³/mol. The van der Waals surface area contributed by atoms with Gasteiger partial charge in [0.15, 0.2) is 0 Å². The fraction of sp³-hybridized carbons (Fsp3) is 0.0769. The van der Waals surface area contributed by atoms with Gasteiger partial charge in [-0.1, -0.05) is 0 Å². The van der Waals surface area contributed by atoms with E-state index >= 15 is 0 Å². The highest BCUT2D eigenvalue weighted by molar-refractivity contribution is 7.92. The van der Waals surface area contributed by atoms with Crippen LogP contribution in [0.4, 0.5) is 5.69 Å². The van der Waals surface area contributed by atoms with Gasteiger partial charge in [-0.2, -0.15) is 0 Å². The zero-order valence-corrected chi connectivity index (χ0v) is 11.8. The molecule has 1 heterocycles. The molecule has 0 bridgehead atoms. The lowest BCUT2D eigenvalue weighted by Crippen LogP contribution is -2.14. The maximum atomic E-state index is 12.2. The second-order valence-corrected chi connectivity index (χ2v) is 5.69. The van der Waals surface area contributed by atoms with Crippen molar-refractivity contribution >= 4 is 21.7 Å². The van der Waals surface area contributed by atoms with Crippen LogP contribution in [0.3, 0.4) is 0 Å². The standard InChI is InChI=1S/C13H12N2O5S/c1-20-13(17)11-8-10(2-3-12(11)16)21(18,19)15-9-4-6-14-7-5-9/h2-8,16H,1H3,(H,14,15). The number of phenols is 1. The minimum absolute atomic E-state index is 0.169. The molecule has 7 nitrogen and oxygen atoms in total. The number of carbonyl (C=O) groups is 1. The summed E-state index contributed by atoms with van der Waals surface area (Å²) < 4.78 is 31.2. The first-order valence-corrected chi connectivity index (χ1v) is 7.26. The van der Waals surface area contributed by atoms with Crippen LogP contribution in [0.15, 0.2) is 47.6 Å². The molecule has 0 saturated heterocycles. The summed E-state index contributed by atoms with van der Waals surface area (Å²) in [5, 5.41) is 9.57. The van der Waals surface area contributed by atoms with Crippen LogP contribution in [0.1, 0.15) is 10.4 Å². The smallest absolute Gasteiger partial charge is 0.341 e. The number of ether oxygens (including phenoxy) is 1. The molecular formula is C13H12N2O5S. The summed E-state index contributed by atoms with van der Waals surface area (Å²) in [6.07, 6.45) is 2.88. The predicted octanol–water partition coefficient (Wildman–Crippen LogP) is 1.37. The zero-order chi connectivity index (χ0) is 15.5. The van der Waals surface area contributed by atoms with E-state index in [4.69, 9.17) is 0 Å². The third kappa shape index (κ3) is 3.29. The summed E-state index contributed by atoms with van der Waals surface area (Å²) >= 11 is 0. The van der Waals surface area contributed by atoms with Crippen molar-refractivity contribution in [2.24, 2.45) is 0 Å². The van der Waals surface area contributed by atoms with Crippen LogP contribution in [-0.4, -0.2) is 31.6 Å². The molecule has 8 heteroatoms. The van der Waals surface area contributed by atoms with Crippen molar-refractivity contribution in [1.29, 1.82) is 0 Å². The van der Waals surface area contributed by atoms with Crippen molar-refractivity contribution in [3.05, 3.63) is 48.3 Å². The second kappa shape index (κ2) is 5.80. The summed E-state index contributed by atoms with van der Waals surface area (Å²) in [6.45, 7) is 0. The number of pyridine rings is 1. The van der Waals surface area contributed by atoms with Crippen molar-refractivity contribution in [1.82, 2.24) is 4.98 Å². The number of esters is 1. The number of aromatic nitrogens is 1. The third-order valence-corrected chi connectivity index (χ3v) is 4.00. The van der Waals surface area contributed by atoms with Gasteiger partial charge in [0.2, 0.25) is 0 Å². The van der Waals surface area contributed by atoms with Crippen LogP contribution in [0.5, 0.6) is 5.75 Å². The topological polar surface area (TPSA) is 106 Å². The number of benzene rings is 1. The lowest BCUT2D eigenvalue weighted by atomic mass is 10.2. The van der Waals surface area contributed by atoms with E-state index < -0.39 is 16.0 Å². The van der Waals surface area contributed by atoms with Crippen molar-refractivity contribution < 1.29 is 23.1 Å². The van der Waals surface area contributed by atoms with E-state index in [0.29, 0.717) is 5.69 Å². The van der Waals surface area contributed by atoms with Crippen LogP contribution in [0, 0.1) is 0 Å². The lowest BCUT2D eigenvalue weighted by molar-refractivity contribution is 0.0597. The van der Waals surface area contributed by atoms with Gasteiger partial charge in [0.1, 0.15) is 11.3 Å². The molecule has 0 atom stereocenters.